The smallest absolute Gasteiger partial charge is 0.192 e. The molecule has 0 bridgehead atoms. The molecule has 1 aromatic carbocycles. The first-order chi connectivity index (χ1) is 13.3. The average molecular weight is 397 g/mol. The second-order valence-corrected chi connectivity index (χ2v) is 8.23. The lowest BCUT2D eigenvalue weighted by atomic mass is 10.0. The van der Waals surface area contributed by atoms with Gasteiger partial charge in [-0.05, 0) is 38.8 Å². The second-order valence-electron chi connectivity index (χ2n) is 6.93. The fourth-order valence-electron chi connectivity index (χ4n) is 3.32. The van der Waals surface area contributed by atoms with Gasteiger partial charge in [-0.2, -0.15) is 0 Å². The lowest BCUT2D eigenvalue weighted by Crippen LogP contribution is -2.16. The number of aryl methyl sites for hydroxylation is 1. The van der Waals surface area contributed by atoms with E-state index in [1.54, 1.807) is 0 Å². The number of nitrogens with one attached hydrogen (secondary N) is 1. The van der Waals surface area contributed by atoms with Crippen molar-refractivity contribution in [1.29, 1.82) is 0 Å². The van der Waals surface area contributed by atoms with Gasteiger partial charge in [-0.1, -0.05) is 42.1 Å². The van der Waals surface area contributed by atoms with Gasteiger partial charge in [-0.3, -0.25) is 9.59 Å². The first-order valence-corrected chi connectivity index (χ1v) is 10.0. The molecule has 2 aromatic heterocycles. The van der Waals surface area contributed by atoms with Gasteiger partial charge < -0.3 is 9.55 Å². The lowest BCUT2D eigenvalue weighted by Gasteiger charge is -2.10. The summed E-state index contributed by atoms with van der Waals surface area (Å²) in [7, 11) is 1.91. The van der Waals surface area contributed by atoms with Crippen LogP contribution in [0.2, 0.25) is 0 Å². The van der Waals surface area contributed by atoms with Gasteiger partial charge in [0.2, 0.25) is 0 Å². The molecule has 1 N–H and O–H groups in total. The van der Waals surface area contributed by atoms with Crippen LogP contribution in [0.3, 0.4) is 0 Å². The SMILES string of the molecule is CC(=O)c1c(C)[nH]c(C(=O)[C@H](C)Sc2nnc(Cc3ccccc3)n2C)c1C. The van der Waals surface area contributed by atoms with Crippen LogP contribution in [-0.2, 0) is 13.5 Å². The monoisotopic (exact) mass is 396 g/mol. The van der Waals surface area contributed by atoms with Crippen molar-refractivity contribution in [3.05, 3.63) is 64.2 Å². The Morgan fingerprint density at radius 1 is 1.18 bits per heavy atom. The fraction of sp³-hybridized carbons (Fsp3) is 0.333. The molecule has 0 fully saturated rings. The van der Waals surface area contributed by atoms with Crippen molar-refractivity contribution in [2.45, 2.75) is 44.5 Å². The molecule has 146 valence electrons. The first-order valence-electron chi connectivity index (χ1n) is 9.12. The highest BCUT2D eigenvalue weighted by Gasteiger charge is 2.25. The van der Waals surface area contributed by atoms with E-state index in [1.807, 2.05) is 50.6 Å². The summed E-state index contributed by atoms with van der Waals surface area (Å²) in [5.74, 6) is 0.759. The van der Waals surface area contributed by atoms with Crippen molar-refractivity contribution >= 4 is 23.3 Å². The summed E-state index contributed by atoms with van der Waals surface area (Å²) in [6, 6.07) is 10.1. The van der Waals surface area contributed by atoms with Crippen LogP contribution in [0.4, 0.5) is 0 Å². The summed E-state index contributed by atoms with van der Waals surface area (Å²) in [5.41, 5.74) is 3.70. The highest BCUT2D eigenvalue weighted by atomic mass is 32.2. The summed E-state index contributed by atoms with van der Waals surface area (Å²) < 4.78 is 1.93. The minimum Gasteiger partial charge on any atom is -0.355 e. The van der Waals surface area contributed by atoms with Gasteiger partial charge in [0.05, 0.1) is 10.9 Å². The van der Waals surface area contributed by atoms with Crippen molar-refractivity contribution in [3.63, 3.8) is 0 Å². The molecular formula is C21H24N4O2S. The van der Waals surface area contributed by atoms with Crippen LogP contribution in [0, 0.1) is 13.8 Å². The summed E-state index contributed by atoms with van der Waals surface area (Å²) in [6.45, 7) is 6.99. The van der Waals surface area contributed by atoms with Crippen LogP contribution in [0.15, 0.2) is 35.5 Å². The third kappa shape index (κ3) is 3.94. The molecular weight excluding hydrogens is 372 g/mol. The van der Waals surface area contributed by atoms with Gasteiger partial charge >= 0.3 is 0 Å². The molecule has 0 spiro atoms. The van der Waals surface area contributed by atoms with Crippen LogP contribution in [0.1, 0.15) is 57.3 Å². The molecule has 7 heteroatoms. The predicted octanol–water partition coefficient (Wildman–Crippen LogP) is 3.92. The van der Waals surface area contributed by atoms with Gasteiger partial charge in [0.25, 0.3) is 0 Å². The number of ketones is 2. The number of H-pyrrole nitrogens is 1. The average Bonchev–Trinajstić information content (AvgIpc) is 3.15. The number of carbonyl (C=O) groups is 2. The molecule has 0 amide bonds. The van der Waals surface area contributed by atoms with E-state index in [4.69, 9.17) is 0 Å². The van der Waals surface area contributed by atoms with Crippen molar-refractivity contribution in [2.24, 2.45) is 7.05 Å². The Labute approximate surface area is 168 Å². The largest absolute Gasteiger partial charge is 0.355 e. The summed E-state index contributed by atoms with van der Waals surface area (Å²) in [5, 5.41) is 8.88. The maximum absolute atomic E-state index is 12.9. The molecule has 0 unspecified atom stereocenters. The number of aromatic nitrogens is 4. The van der Waals surface area contributed by atoms with Gasteiger partial charge in [0.1, 0.15) is 5.82 Å². The molecule has 0 aliphatic rings. The van der Waals surface area contributed by atoms with Crippen molar-refractivity contribution in [1.82, 2.24) is 19.7 Å². The van der Waals surface area contributed by atoms with Crippen molar-refractivity contribution in [2.75, 3.05) is 0 Å². The molecule has 0 saturated heterocycles. The van der Waals surface area contributed by atoms with Crippen LogP contribution in [0.5, 0.6) is 0 Å². The molecule has 0 aliphatic carbocycles. The van der Waals surface area contributed by atoms with Crippen molar-refractivity contribution in [3.8, 4) is 0 Å². The number of hydrogen-bond donors (Lipinski definition) is 1. The minimum atomic E-state index is -0.357. The lowest BCUT2D eigenvalue weighted by molar-refractivity contribution is 0.0988. The van der Waals surface area contributed by atoms with Gasteiger partial charge in [-0.15, -0.1) is 10.2 Å². The Morgan fingerprint density at radius 2 is 1.86 bits per heavy atom. The summed E-state index contributed by atoms with van der Waals surface area (Å²) in [4.78, 5) is 27.9. The Hall–Kier alpha value is -2.67. The molecule has 1 atom stereocenters. The molecule has 0 radical (unpaired) electrons. The third-order valence-electron chi connectivity index (χ3n) is 4.82. The highest BCUT2D eigenvalue weighted by molar-refractivity contribution is 8.00. The first kappa shape index (κ1) is 20.1. The molecule has 0 aliphatic heterocycles. The normalized spacial score (nSPS) is 12.2. The molecule has 0 saturated carbocycles. The summed E-state index contributed by atoms with van der Waals surface area (Å²) in [6.07, 6.45) is 0.685. The highest BCUT2D eigenvalue weighted by Crippen LogP contribution is 2.27. The molecule has 6 nitrogen and oxygen atoms in total. The third-order valence-corrected chi connectivity index (χ3v) is 5.95. The minimum absolute atomic E-state index is 0.0375. The van der Waals surface area contributed by atoms with E-state index in [1.165, 1.54) is 18.7 Å². The molecule has 28 heavy (non-hydrogen) atoms. The van der Waals surface area contributed by atoms with E-state index in [2.05, 4.69) is 27.3 Å². The molecule has 3 aromatic rings. The topological polar surface area (TPSA) is 80.6 Å². The predicted molar refractivity (Wildman–Crippen MR) is 110 cm³/mol. The Bertz CT molecular complexity index is 1020. The van der Waals surface area contributed by atoms with E-state index >= 15 is 0 Å². The van der Waals surface area contributed by atoms with E-state index in [0.717, 1.165) is 17.1 Å². The van der Waals surface area contributed by atoms with E-state index in [9.17, 15) is 9.59 Å². The number of nitrogens with zero attached hydrogens (tertiary/aromatic N) is 3. The van der Waals surface area contributed by atoms with Crippen molar-refractivity contribution < 1.29 is 9.59 Å². The van der Waals surface area contributed by atoms with E-state index in [0.29, 0.717) is 28.4 Å². The van der Waals surface area contributed by atoms with Gasteiger partial charge in [0.15, 0.2) is 16.7 Å². The van der Waals surface area contributed by atoms with E-state index in [-0.39, 0.29) is 16.8 Å². The van der Waals surface area contributed by atoms with Gasteiger partial charge in [-0.25, -0.2) is 0 Å². The summed E-state index contributed by atoms with van der Waals surface area (Å²) >= 11 is 1.37. The van der Waals surface area contributed by atoms with Gasteiger partial charge in [0, 0.05) is 24.7 Å². The maximum Gasteiger partial charge on any atom is 0.192 e. The zero-order valence-corrected chi connectivity index (χ0v) is 17.6. The number of Topliss-reactive ketones (excluding diaryl/α,β-unsaturated/α-hetero) is 2. The Balaban J connectivity index is 1.76. The number of hydrogen-bond acceptors (Lipinski definition) is 5. The van der Waals surface area contributed by atoms with Crippen LogP contribution >= 0.6 is 11.8 Å². The Morgan fingerprint density at radius 3 is 2.46 bits per heavy atom. The quantitative estimate of drug-likeness (QED) is 0.484. The maximum atomic E-state index is 12.9. The molecule has 2 heterocycles. The number of aromatic amines is 1. The van der Waals surface area contributed by atoms with Crippen LogP contribution < -0.4 is 0 Å². The van der Waals surface area contributed by atoms with Crippen LogP contribution in [0.25, 0.3) is 0 Å². The Kier molecular flexibility index (Phi) is 5.84. The fourth-order valence-corrected chi connectivity index (χ4v) is 4.21. The number of thioether (sulfide) groups is 1. The molecule has 3 rings (SSSR count). The zero-order valence-electron chi connectivity index (χ0n) is 16.7. The standard InChI is InChI=1S/C21H24N4O2S/c1-12-18(14(3)26)13(2)22-19(12)20(27)15(4)28-21-24-23-17(25(21)5)11-16-9-7-6-8-10-16/h6-10,15,22H,11H2,1-5H3/t15-/m0/s1. The number of rotatable bonds is 7. The number of carbonyl (C=O) groups excluding carboxylic acids is 2. The van der Waals surface area contributed by atoms with Crippen LogP contribution in [-0.4, -0.2) is 36.6 Å². The zero-order chi connectivity index (χ0) is 20.4. The van der Waals surface area contributed by atoms with E-state index < -0.39 is 0 Å². The number of benzene rings is 1. The second kappa shape index (κ2) is 8.14.